The summed E-state index contributed by atoms with van der Waals surface area (Å²) in [5.74, 6) is 0. The minimum Gasteiger partial charge on any atom is -0.0920 e. The van der Waals surface area contributed by atoms with Gasteiger partial charge in [0, 0.05) is 4.45 Å². The maximum atomic E-state index is 3.83. The van der Waals surface area contributed by atoms with E-state index in [1.54, 1.807) is 0 Å². The van der Waals surface area contributed by atoms with Crippen LogP contribution in [-0.2, 0) is 0 Å². The Morgan fingerprint density at radius 3 is 1.47 bits per heavy atom. The highest BCUT2D eigenvalue weighted by Gasteiger charge is 2.35. The lowest BCUT2D eigenvalue weighted by Gasteiger charge is -2.31. The highest BCUT2D eigenvalue weighted by atomic mass is 79.9. The first kappa shape index (κ1) is 12.6. The lowest BCUT2D eigenvalue weighted by Crippen LogP contribution is -2.61. The lowest BCUT2D eigenvalue weighted by molar-refractivity contribution is 1.35. The van der Waals surface area contributed by atoms with Gasteiger partial charge in [-0.25, -0.2) is 0 Å². The van der Waals surface area contributed by atoms with Gasteiger partial charge in [-0.1, -0.05) is 100 Å². The second-order valence-electron chi connectivity index (χ2n) is 4.55. The number of alkyl halides is 1. The molecule has 2 aromatic rings. The second kappa shape index (κ2) is 5.19. The van der Waals surface area contributed by atoms with Crippen molar-refractivity contribution in [1.82, 2.24) is 0 Å². The number of hydrogen-bond donors (Lipinski definition) is 0. The average molecular weight is 305 g/mol. The Labute approximate surface area is 113 Å². The van der Waals surface area contributed by atoms with Crippen LogP contribution in [0.4, 0.5) is 0 Å². The molecule has 0 aliphatic rings. The van der Waals surface area contributed by atoms with Crippen molar-refractivity contribution in [1.29, 1.82) is 0 Å². The molecule has 0 amide bonds. The molecule has 0 bridgehead atoms. The first-order valence-corrected chi connectivity index (χ1v) is 9.40. The minimum absolute atomic E-state index is 0.514. The molecule has 0 N–H and O–H groups in total. The van der Waals surface area contributed by atoms with Crippen molar-refractivity contribution < 1.29 is 0 Å². The van der Waals surface area contributed by atoms with Crippen molar-refractivity contribution in [3.63, 3.8) is 0 Å². The van der Waals surface area contributed by atoms with Gasteiger partial charge in [-0.15, -0.1) is 0 Å². The van der Waals surface area contributed by atoms with Crippen molar-refractivity contribution in [2.24, 2.45) is 0 Å². The summed E-state index contributed by atoms with van der Waals surface area (Å²) in [6.07, 6.45) is 0. The fraction of sp³-hybridized carbons (Fsp3) is 0.200. The number of hydrogen-bond acceptors (Lipinski definition) is 0. The van der Waals surface area contributed by atoms with Crippen LogP contribution in [0.2, 0.25) is 6.55 Å². The zero-order valence-electron chi connectivity index (χ0n) is 10.2. The van der Waals surface area contributed by atoms with Gasteiger partial charge in [0.05, 0.1) is 0 Å². The van der Waals surface area contributed by atoms with Gasteiger partial charge in [0.25, 0.3) is 0 Å². The lowest BCUT2D eigenvalue weighted by atomic mass is 10.4. The van der Waals surface area contributed by atoms with Crippen LogP contribution < -0.4 is 10.4 Å². The monoisotopic (exact) mass is 304 g/mol. The molecule has 2 heteroatoms. The smallest absolute Gasteiger partial charge is 0.0920 e. The van der Waals surface area contributed by atoms with Gasteiger partial charge in [-0.2, -0.15) is 0 Å². The highest BCUT2D eigenvalue weighted by molar-refractivity contribution is 9.10. The fourth-order valence-electron chi connectivity index (χ4n) is 2.19. The average Bonchev–Trinajstić information content (AvgIpc) is 2.39. The molecular weight excluding hydrogens is 288 g/mol. The summed E-state index contributed by atoms with van der Waals surface area (Å²) >= 11 is 3.83. The van der Waals surface area contributed by atoms with E-state index in [1.807, 2.05) is 0 Å². The van der Waals surface area contributed by atoms with E-state index in [0.29, 0.717) is 4.45 Å². The van der Waals surface area contributed by atoms with E-state index in [2.05, 4.69) is 90.1 Å². The first-order valence-electron chi connectivity index (χ1n) is 5.91. The third kappa shape index (κ3) is 2.38. The van der Waals surface area contributed by atoms with E-state index < -0.39 is 8.07 Å². The summed E-state index contributed by atoms with van der Waals surface area (Å²) in [7, 11) is -1.66. The quantitative estimate of drug-likeness (QED) is 0.603. The third-order valence-electron chi connectivity index (χ3n) is 3.54. The molecule has 1 atom stereocenters. The number of benzene rings is 2. The van der Waals surface area contributed by atoms with E-state index >= 15 is 0 Å². The topological polar surface area (TPSA) is 0 Å². The molecule has 0 fully saturated rings. The molecule has 1 unspecified atom stereocenters. The van der Waals surface area contributed by atoms with Crippen LogP contribution in [0.3, 0.4) is 0 Å². The molecule has 0 saturated carbocycles. The molecule has 88 valence electrons. The molecule has 0 radical (unpaired) electrons. The van der Waals surface area contributed by atoms with Gasteiger partial charge in [0.1, 0.15) is 8.07 Å². The molecule has 17 heavy (non-hydrogen) atoms. The third-order valence-corrected chi connectivity index (χ3v) is 10.9. The maximum Gasteiger partial charge on any atom is 0.128 e. The van der Waals surface area contributed by atoms with Gasteiger partial charge in [0.15, 0.2) is 0 Å². The molecule has 0 saturated heterocycles. The van der Waals surface area contributed by atoms with Crippen molar-refractivity contribution in [2.75, 3.05) is 0 Å². The molecule has 0 heterocycles. The first-order chi connectivity index (χ1) is 8.15. The van der Waals surface area contributed by atoms with Crippen LogP contribution in [0.1, 0.15) is 6.92 Å². The van der Waals surface area contributed by atoms with Crippen LogP contribution in [0.5, 0.6) is 0 Å². The van der Waals surface area contributed by atoms with E-state index in [4.69, 9.17) is 0 Å². The van der Waals surface area contributed by atoms with Crippen molar-refractivity contribution >= 4 is 34.4 Å². The van der Waals surface area contributed by atoms with Gasteiger partial charge in [-0.3, -0.25) is 0 Å². The zero-order chi connectivity index (χ0) is 12.3. The predicted octanol–water partition coefficient (Wildman–Crippen LogP) is 3.20. The molecule has 0 aliphatic heterocycles. The van der Waals surface area contributed by atoms with Gasteiger partial charge in [0.2, 0.25) is 0 Å². The molecule has 2 aromatic carbocycles. The standard InChI is InChI=1S/C15H17BrSi/c1-13(16)17(2,14-9-5-3-6-10-14)15-11-7-4-8-12-15/h3-13H,1-2H3. The van der Waals surface area contributed by atoms with E-state index in [-0.39, 0.29) is 0 Å². The van der Waals surface area contributed by atoms with Gasteiger partial charge >= 0.3 is 0 Å². The summed E-state index contributed by atoms with van der Waals surface area (Å²) < 4.78 is 0.514. The van der Waals surface area contributed by atoms with E-state index in [1.165, 1.54) is 10.4 Å². The van der Waals surface area contributed by atoms with Crippen molar-refractivity contribution in [2.45, 2.75) is 17.9 Å². The zero-order valence-corrected chi connectivity index (χ0v) is 12.8. The van der Waals surface area contributed by atoms with Crippen LogP contribution >= 0.6 is 15.9 Å². The summed E-state index contributed by atoms with van der Waals surface area (Å²) in [6, 6.07) is 21.8. The van der Waals surface area contributed by atoms with Gasteiger partial charge in [-0.05, 0) is 0 Å². The van der Waals surface area contributed by atoms with Crippen molar-refractivity contribution in [3.8, 4) is 0 Å². The Balaban J connectivity index is 2.55. The normalized spacial score (nSPS) is 13.4. The molecule has 0 nitrogen and oxygen atoms in total. The number of rotatable bonds is 3. The summed E-state index contributed by atoms with van der Waals surface area (Å²) in [5, 5.41) is 2.96. The Kier molecular flexibility index (Phi) is 3.85. The van der Waals surface area contributed by atoms with Crippen LogP contribution in [0.25, 0.3) is 0 Å². The molecule has 0 aromatic heterocycles. The summed E-state index contributed by atoms with van der Waals surface area (Å²) in [5.41, 5.74) is 0. The van der Waals surface area contributed by atoms with E-state index in [0.717, 1.165) is 0 Å². The van der Waals surface area contributed by atoms with E-state index in [9.17, 15) is 0 Å². The predicted molar refractivity (Wildman–Crippen MR) is 82.2 cm³/mol. The summed E-state index contributed by atoms with van der Waals surface area (Å²) in [6.45, 7) is 4.70. The largest absolute Gasteiger partial charge is 0.128 e. The highest BCUT2D eigenvalue weighted by Crippen LogP contribution is 2.16. The Hall–Kier alpha value is -0.863. The Morgan fingerprint density at radius 2 is 1.18 bits per heavy atom. The molecule has 2 rings (SSSR count). The van der Waals surface area contributed by atoms with Crippen LogP contribution in [0, 0.1) is 0 Å². The van der Waals surface area contributed by atoms with Crippen molar-refractivity contribution in [3.05, 3.63) is 60.7 Å². The Morgan fingerprint density at radius 1 is 0.824 bits per heavy atom. The molecule has 0 spiro atoms. The molecular formula is C15H17BrSi. The molecule has 0 aliphatic carbocycles. The Bertz CT molecular complexity index is 425. The second-order valence-corrected chi connectivity index (χ2v) is 11.2. The minimum atomic E-state index is -1.66. The van der Waals surface area contributed by atoms with Crippen LogP contribution in [0.15, 0.2) is 60.7 Å². The number of halogens is 1. The fourth-order valence-corrected chi connectivity index (χ4v) is 6.80. The van der Waals surface area contributed by atoms with Crippen LogP contribution in [-0.4, -0.2) is 12.5 Å². The maximum absolute atomic E-state index is 3.83. The SMILES string of the molecule is CC(Br)[Si](C)(c1ccccc1)c1ccccc1. The summed E-state index contributed by atoms with van der Waals surface area (Å²) in [4.78, 5) is 0. The van der Waals surface area contributed by atoms with Gasteiger partial charge < -0.3 is 0 Å².